The van der Waals surface area contributed by atoms with Crippen molar-refractivity contribution in [1.29, 1.82) is 0 Å². The minimum atomic E-state index is -1.23. The van der Waals surface area contributed by atoms with Gasteiger partial charge in [-0.3, -0.25) is 4.79 Å². The van der Waals surface area contributed by atoms with Crippen LogP contribution in [0.2, 0.25) is 5.82 Å². The van der Waals surface area contributed by atoms with Crippen LogP contribution in [0.3, 0.4) is 0 Å². The monoisotopic (exact) mass is 365 g/mol. The minimum absolute atomic E-state index is 0.0155. The standard InChI is InChI=1S/C20H20BNO5/c22-20(7-8-20)14-5-1-3-12(9-14)17(23)11-15-10-13-4-2-6-16(19(24)25)18(13)27-21(15)26/h1-6,9,15,26H,7-8,10-11,22H2,(H,24,25)/t15-/m1/s1. The fraction of sp³-hybridized carbons (Fsp3) is 0.300. The summed E-state index contributed by atoms with van der Waals surface area (Å²) in [5.74, 6) is -1.46. The average molecular weight is 365 g/mol. The Bertz CT molecular complexity index is 924. The summed E-state index contributed by atoms with van der Waals surface area (Å²) < 4.78 is 5.46. The molecule has 0 radical (unpaired) electrons. The molecular formula is C20H20BNO5. The number of hydrogen-bond acceptors (Lipinski definition) is 5. The molecule has 0 aromatic heterocycles. The molecule has 27 heavy (non-hydrogen) atoms. The number of carbonyl (C=O) groups is 2. The maximum Gasteiger partial charge on any atom is 0.526 e. The number of ketones is 1. The molecule has 0 saturated heterocycles. The second-order valence-electron chi connectivity index (χ2n) is 7.44. The molecule has 1 fully saturated rings. The van der Waals surface area contributed by atoms with Gasteiger partial charge >= 0.3 is 13.1 Å². The van der Waals surface area contributed by atoms with Crippen LogP contribution in [-0.4, -0.2) is 29.0 Å². The van der Waals surface area contributed by atoms with Crippen molar-refractivity contribution < 1.29 is 24.4 Å². The lowest BCUT2D eigenvalue weighted by Crippen LogP contribution is -2.35. The molecule has 4 N–H and O–H groups in total. The van der Waals surface area contributed by atoms with Gasteiger partial charge in [-0.25, -0.2) is 4.79 Å². The van der Waals surface area contributed by atoms with Gasteiger partial charge in [-0.15, -0.1) is 0 Å². The number of nitrogens with two attached hydrogens (primary N) is 1. The van der Waals surface area contributed by atoms with Gasteiger partial charge < -0.3 is 20.5 Å². The third-order valence-corrected chi connectivity index (χ3v) is 5.45. The maximum absolute atomic E-state index is 12.7. The maximum atomic E-state index is 12.7. The van der Waals surface area contributed by atoms with Crippen LogP contribution in [0.25, 0.3) is 0 Å². The van der Waals surface area contributed by atoms with Crippen molar-refractivity contribution in [2.24, 2.45) is 5.73 Å². The number of aromatic carboxylic acids is 1. The predicted octanol–water partition coefficient (Wildman–Crippen LogP) is 2.39. The van der Waals surface area contributed by atoms with Crippen LogP contribution in [0.4, 0.5) is 0 Å². The fourth-order valence-electron chi connectivity index (χ4n) is 3.61. The van der Waals surface area contributed by atoms with Gasteiger partial charge in [-0.2, -0.15) is 0 Å². The van der Waals surface area contributed by atoms with Gasteiger partial charge in [-0.1, -0.05) is 30.3 Å². The number of carboxylic acid groups (broad SMARTS) is 1. The zero-order valence-electron chi connectivity index (χ0n) is 14.7. The molecular weight excluding hydrogens is 345 g/mol. The van der Waals surface area contributed by atoms with E-state index in [1.165, 1.54) is 6.07 Å². The van der Waals surface area contributed by atoms with Crippen LogP contribution < -0.4 is 10.4 Å². The van der Waals surface area contributed by atoms with Gasteiger partial charge in [-0.05, 0) is 42.5 Å². The van der Waals surface area contributed by atoms with E-state index >= 15 is 0 Å². The van der Waals surface area contributed by atoms with Crippen molar-refractivity contribution in [3.8, 4) is 5.75 Å². The van der Waals surface area contributed by atoms with E-state index in [1.807, 2.05) is 18.2 Å². The number of carboxylic acids is 1. The van der Waals surface area contributed by atoms with Crippen molar-refractivity contribution in [3.63, 3.8) is 0 Å². The first kappa shape index (κ1) is 17.8. The first-order valence-electron chi connectivity index (χ1n) is 9.00. The minimum Gasteiger partial charge on any atom is -0.535 e. The highest BCUT2D eigenvalue weighted by Gasteiger charge is 2.41. The van der Waals surface area contributed by atoms with Crippen LogP contribution >= 0.6 is 0 Å². The van der Waals surface area contributed by atoms with E-state index in [0.717, 1.165) is 18.4 Å². The number of Topliss-reactive ketones (excluding diaryl/α,β-unsaturated/α-hetero) is 1. The Morgan fingerprint density at radius 2 is 1.96 bits per heavy atom. The summed E-state index contributed by atoms with van der Waals surface area (Å²) in [5, 5.41) is 19.6. The van der Waals surface area contributed by atoms with Gasteiger partial charge in [0.05, 0.1) is 5.56 Å². The number of para-hydroxylation sites is 1. The molecule has 2 aliphatic rings. The second kappa shape index (κ2) is 6.51. The summed E-state index contributed by atoms with van der Waals surface area (Å²) in [6.45, 7) is 0. The molecule has 1 aliphatic carbocycles. The predicted molar refractivity (Wildman–Crippen MR) is 99.9 cm³/mol. The van der Waals surface area contributed by atoms with Crippen LogP contribution in [0.5, 0.6) is 5.75 Å². The van der Waals surface area contributed by atoms with Gasteiger partial charge in [0.25, 0.3) is 0 Å². The highest BCUT2D eigenvalue weighted by molar-refractivity contribution is 6.47. The smallest absolute Gasteiger partial charge is 0.526 e. The summed E-state index contributed by atoms with van der Waals surface area (Å²) in [5.41, 5.74) is 8.14. The number of benzene rings is 2. The van der Waals surface area contributed by atoms with E-state index in [0.29, 0.717) is 17.5 Å². The Kier molecular flexibility index (Phi) is 4.28. The fourth-order valence-corrected chi connectivity index (χ4v) is 3.61. The van der Waals surface area contributed by atoms with Crippen LogP contribution in [0.15, 0.2) is 42.5 Å². The Balaban J connectivity index is 1.53. The Hall–Kier alpha value is -2.64. The molecule has 1 aliphatic heterocycles. The highest BCUT2D eigenvalue weighted by atomic mass is 16.5. The number of hydrogen-bond donors (Lipinski definition) is 3. The van der Waals surface area contributed by atoms with Gasteiger partial charge in [0, 0.05) is 23.3 Å². The van der Waals surface area contributed by atoms with E-state index in [9.17, 15) is 19.7 Å². The highest BCUT2D eigenvalue weighted by Crippen LogP contribution is 2.43. The van der Waals surface area contributed by atoms with E-state index < -0.39 is 18.9 Å². The zero-order valence-corrected chi connectivity index (χ0v) is 14.7. The lowest BCUT2D eigenvalue weighted by atomic mass is 9.64. The molecule has 6 nitrogen and oxygen atoms in total. The molecule has 2 aromatic carbocycles. The van der Waals surface area contributed by atoms with Crippen molar-refractivity contribution >= 4 is 18.9 Å². The SMILES string of the molecule is NC1(c2cccc(C(=O)C[C@H]3Cc4cccc(C(=O)O)c4OB3O)c2)CC1. The van der Waals surface area contributed by atoms with Crippen LogP contribution in [-0.2, 0) is 12.0 Å². The molecule has 0 unspecified atom stereocenters. The van der Waals surface area contributed by atoms with E-state index in [4.69, 9.17) is 10.4 Å². The van der Waals surface area contributed by atoms with E-state index in [-0.39, 0.29) is 29.1 Å². The summed E-state index contributed by atoms with van der Waals surface area (Å²) in [7, 11) is -1.23. The first-order chi connectivity index (χ1) is 12.9. The lowest BCUT2D eigenvalue weighted by Gasteiger charge is -2.28. The molecule has 7 heteroatoms. The number of rotatable bonds is 5. The summed E-state index contributed by atoms with van der Waals surface area (Å²) >= 11 is 0. The molecule has 1 heterocycles. The molecule has 1 saturated carbocycles. The first-order valence-corrected chi connectivity index (χ1v) is 9.00. The molecule has 138 valence electrons. The zero-order chi connectivity index (χ0) is 19.2. The van der Waals surface area contributed by atoms with Gasteiger partial charge in [0.2, 0.25) is 0 Å². The Morgan fingerprint density at radius 3 is 2.67 bits per heavy atom. The molecule has 1 atom stereocenters. The van der Waals surface area contributed by atoms with Crippen LogP contribution in [0.1, 0.15) is 51.1 Å². The molecule has 0 bridgehead atoms. The third-order valence-electron chi connectivity index (χ3n) is 5.45. The van der Waals surface area contributed by atoms with E-state index in [2.05, 4.69) is 0 Å². The van der Waals surface area contributed by atoms with Crippen molar-refractivity contribution in [1.82, 2.24) is 0 Å². The van der Waals surface area contributed by atoms with Gasteiger partial charge in [0.1, 0.15) is 5.75 Å². The second-order valence-corrected chi connectivity index (χ2v) is 7.44. The van der Waals surface area contributed by atoms with Crippen molar-refractivity contribution in [3.05, 3.63) is 64.7 Å². The Morgan fingerprint density at radius 1 is 1.22 bits per heavy atom. The molecule has 4 rings (SSSR count). The largest absolute Gasteiger partial charge is 0.535 e. The number of carbonyl (C=O) groups excluding carboxylic acids is 1. The molecule has 2 aromatic rings. The molecule has 0 spiro atoms. The third kappa shape index (κ3) is 3.36. The van der Waals surface area contributed by atoms with Crippen molar-refractivity contribution in [2.75, 3.05) is 0 Å². The van der Waals surface area contributed by atoms with E-state index in [1.54, 1.807) is 18.2 Å². The topological polar surface area (TPSA) is 110 Å². The normalized spacial score (nSPS) is 19.8. The van der Waals surface area contributed by atoms with Crippen molar-refractivity contribution in [2.45, 2.75) is 37.0 Å². The average Bonchev–Trinajstić information content (AvgIpc) is 3.40. The number of fused-ring (bicyclic) bond motifs is 1. The summed E-state index contributed by atoms with van der Waals surface area (Å²) in [4.78, 5) is 24.1. The molecule has 0 amide bonds. The Labute approximate surface area is 157 Å². The van der Waals surface area contributed by atoms with Gasteiger partial charge in [0.15, 0.2) is 5.78 Å². The van der Waals surface area contributed by atoms with Crippen LogP contribution in [0, 0.1) is 0 Å². The summed E-state index contributed by atoms with van der Waals surface area (Å²) in [6.07, 6.45) is 2.33. The quantitative estimate of drug-likeness (QED) is 0.554. The lowest BCUT2D eigenvalue weighted by molar-refractivity contribution is 0.0693. The summed E-state index contributed by atoms with van der Waals surface area (Å²) in [6, 6.07) is 12.2.